The molecule has 0 aliphatic rings. The lowest BCUT2D eigenvalue weighted by Gasteiger charge is -2.09. The van der Waals surface area contributed by atoms with Gasteiger partial charge in [-0.2, -0.15) is 0 Å². The van der Waals surface area contributed by atoms with E-state index in [0.29, 0.717) is 17.6 Å². The summed E-state index contributed by atoms with van der Waals surface area (Å²) in [7, 11) is 0. The summed E-state index contributed by atoms with van der Waals surface area (Å²) in [5, 5.41) is 0. The molecule has 0 unspecified atom stereocenters. The zero-order chi connectivity index (χ0) is 13.2. The quantitative estimate of drug-likeness (QED) is 0.787. The highest BCUT2D eigenvalue weighted by atomic mass is 19.4. The summed E-state index contributed by atoms with van der Waals surface area (Å²) in [5.41, 5.74) is 0.393. The maximum atomic E-state index is 12.0. The topological polar surface area (TPSA) is 39.4 Å². The van der Waals surface area contributed by atoms with Crippen LogP contribution in [0.15, 0.2) is 40.8 Å². The molecule has 2 aromatic rings. The summed E-state index contributed by atoms with van der Waals surface area (Å²) in [6.45, 7) is 0. The number of hydrogen-bond acceptors (Lipinski definition) is 3. The van der Waals surface area contributed by atoms with E-state index in [1.54, 1.807) is 6.07 Å². The van der Waals surface area contributed by atoms with Gasteiger partial charge in [0.15, 0.2) is 12.0 Å². The van der Waals surface area contributed by atoms with E-state index in [1.165, 1.54) is 30.3 Å². The molecule has 0 fully saturated rings. The zero-order valence-corrected chi connectivity index (χ0v) is 8.90. The van der Waals surface area contributed by atoms with Crippen LogP contribution in [0.3, 0.4) is 0 Å². The van der Waals surface area contributed by atoms with Crippen molar-refractivity contribution in [3.63, 3.8) is 0 Å². The van der Waals surface area contributed by atoms with Gasteiger partial charge in [-0.15, -0.1) is 13.2 Å². The van der Waals surface area contributed by atoms with Crippen molar-refractivity contribution < 1.29 is 27.1 Å². The molecule has 0 amide bonds. The van der Waals surface area contributed by atoms with Gasteiger partial charge >= 0.3 is 6.36 Å². The van der Waals surface area contributed by atoms with E-state index in [1.807, 2.05) is 0 Å². The van der Waals surface area contributed by atoms with Crippen molar-refractivity contribution in [2.75, 3.05) is 0 Å². The molecule has 3 nitrogen and oxygen atoms in total. The predicted molar refractivity (Wildman–Crippen MR) is 56.2 cm³/mol. The third-order valence-corrected chi connectivity index (χ3v) is 2.10. The number of furan rings is 1. The highest BCUT2D eigenvalue weighted by molar-refractivity contribution is 5.73. The van der Waals surface area contributed by atoms with E-state index in [2.05, 4.69) is 4.74 Å². The van der Waals surface area contributed by atoms with Gasteiger partial charge in [0.2, 0.25) is 0 Å². The highest BCUT2D eigenvalue weighted by Gasteiger charge is 2.31. The predicted octanol–water partition coefficient (Wildman–Crippen LogP) is 3.66. The van der Waals surface area contributed by atoms with Gasteiger partial charge in [-0.3, -0.25) is 4.79 Å². The second-order valence-corrected chi connectivity index (χ2v) is 3.40. The number of carbonyl (C=O) groups is 1. The average molecular weight is 256 g/mol. The molecule has 1 aromatic heterocycles. The van der Waals surface area contributed by atoms with E-state index >= 15 is 0 Å². The second kappa shape index (κ2) is 4.56. The van der Waals surface area contributed by atoms with Crippen molar-refractivity contribution in [3.8, 4) is 17.1 Å². The second-order valence-electron chi connectivity index (χ2n) is 3.40. The van der Waals surface area contributed by atoms with E-state index < -0.39 is 6.36 Å². The number of alkyl halides is 3. The van der Waals surface area contributed by atoms with Crippen LogP contribution >= 0.6 is 0 Å². The van der Waals surface area contributed by atoms with Crippen molar-refractivity contribution in [1.82, 2.24) is 0 Å². The Morgan fingerprint density at radius 2 is 1.94 bits per heavy atom. The van der Waals surface area contributed by atoms with Crippen LogP contribution in [0.4, 0.5) is 13.2 Å². The fraction of sp³-hybridized carbons (Fsp3) is 0.0833. The number of hydrogen-bond donors (Lipinski definition) is 0. The Bertz CT molecular complexity index is 558. The minimum atomic E-state index is -4.74. The maximum absolute atomic E-state index is 12.0. The Labute approximate surface area is 99.8 Å². The smallest absolute Gasteiger partial charge is 0.453 e. The molecule has 0 aliphatic heterocycles. The Morgan fingerprint density at radius 3 is 2.56 bits per heavy atom. The standard InChI is InChI=1S/C12H7F3O3/c13-12(14,15)18-9-3-1-2-8(6-9)11-5-4-10(7-16)17-11/h1-7H. The molecule has 0 aliphatic carbocycles. The van der Waals surface area contributed by atoms with Crippen LogP contribution in [-0.4, -0.2) is 12.6 Å². The van der Waals surface area contributed by atoms with Crippen LogP contribution in [0.1, 0.15) is 10.6 Å². The minimum absolute atomic E-state index is 0.104. The molecule has 0 N–H and O–H groups in total. The van der Waals surface area contributed by atoms with Crippen molar-refractivity contribution in [2.45, 2.75) is 6.36 Å². The van der Waals surface area contributed by atoms with E-state index in [0.717, 1.165) is 0 Å². The van der Waals surface area contributed by atoms with Gasteiger partial charge in [0.1, 0.15) is 11.5 Å². The first-order valence-corrected chi connectivity index (χ1v) is 4.89. The van der Waals surface area contributed by atoms with Crippen molar-refractivity contribution in [1.29, 1.82) is 0 Å². The molecular formula is C12H7F3O3. The third kappa shape index (κ3) is 2.91. The van der Waals surface area contributed by atoms with Crippen molar-refractivity contribution in [3.05, 3.63) is 42.2 Å². The van der Waals surface area contributed by atoms with Gasteiger partial charge in [0.25, 0.3) is 0 Å². The number of halogens is 3. The summed E-state index contributed by atoms with van der Waals surface area (Å²) in [6.07, 6.45) is -4.23. The normalized spacial score (nSPS) is 11.3. The summed E-state index contributed by atoms with van der Waals surface area (Å²) in [4.78, 5) is 10.4. The summed E-state index contributed by atoms with van der Waals surface area (Å²) >= 11 is 0. The first kappa shape index (κ1) is 12.2. The van der Waals surface area contributed by atoms with Crippen LogP contribution < -0.4 is 4.74 Å². The van der Waals surface area contributed by atoms with Crippen LogP contribution in [-0.2, 0) is 0 Å². The third-order valence-electron chi connectivity index (χ3n) is 2.10. The molecule has 94 valence electrons. The minimum Gasteiger partial charge on any atom is -0.453 e. The Hall–Kier alpha value is -2.24. The molecule has 18 heavy (non-hydrogen) atoms. The van der Waals surface area contributed by atoms with Gasteiger partial charge in [-0.25, -0.2) is 0 Å². The lowest BCUT2D eigenvalue weighted by molar-refractivity contribution is -0.274. The SMILES string of the molecule is O=Cc1ccc(-c2cccc(OC(F)(F)F)c2)o1. The molecule has 0 atom stereocenters. The maximum Gasteiger partial charge on any atom is 0.573 e. The monoisotopic (exact) mass is 256 g/mol. The molecule has 1 heterocycles. The number of carbonyl (C=O) groups excluding carboxylic acids is 1. The Kier molecular flexibility index (Phi) is 3.10. The van der Waals surface area contributed by atoms with E-state index in [9.17, 15) is 18.0 Å². The Balaban J connectivity index is 2.29. The zero-order valence-electron chi connectivity index (χ0n) is 8.90. The highest BCUT2D eigenvalue weighted by Crippen LogP contribution is 2.28. The molecule has 0 saturated carbocycles. The molecular weight excluding hydrogens is 249 g/mol. The van der Waals surface area contributed by atoms with Gasteiger partial charge in [-0.05, 0) is 24.3 Å². The molecule has 0 saturated heterocycles. The van der Waals surface area contributed by atoms with Crippen LogP contribution in [0.25, 0.3) is 11.3 Å². The van der Waals surface area contributed by atoms with Crippen LogP contribution in [0.5, 0.6) is 5.75 Å². The molecule has 0 bridgehead atoms. The number of rotatable bonds is 3. The molecule has 1 aromatic carbocycles. The summed E-state index contributed by atoms with van der Waals surface area (Å²) in [5.74, 6) is 0.0564. The van der Waals surface area contributed by atoms with Crippen LogP contribution in [0, 0.1) is 0 Å². The van der Waals surface area contributed by atoms with E-state index in [4.69, 9.17) is 4.42 Å². The lowest BCUT2D eigenvalue weighted by Crippen LogP contribution is -2.17. The molecule has 2 rings (SSSR count). The fourth-order valence-corrected chi connectivity index (χ4v) is 1.42. The molecule has 0 spiro atoms. The van der Waals surface area contributed by atoms with Gasteiger partial charge in [-0.1, -0.05) is 12.1 Å². The first-order valence-electron chi connectivity index (χ1n) is 4.89. The molecule has 0 radical (unpaired) electrons. The lowest BCUT2D eigenvalue weighted by atomic mass is 10.2. The van der Waals surface area contributed by atoms with Gasteiger partial charge in [0, 0.05) is 5.56 Å². The van der Waals surface area contributed by atoms with E-state index in [-0.39, 0.29) is 11.5 Å². The first-order chi connectivity index (χ1) is 8.48. The Morgan fingerprint density at radius 1 is 1.17 bits per heavy atom. The largest absolute Gasteiger partial charge is 0.573 e. The fourth-order valence-electron chi connectivity index (χ4n) is 1.42. The molecule has 6 heteroatoms. The number of benzene rings is 1. The number of ether oxygens (including phenoxy) is 1. The number of aldehydes is 1. The van der Waals surface area contributed by atoms with Gasteiger partial charge in [0.05, 0.1) is 0 Å². The summed E-state index contributed by atoms with van der Waals surface area (Å²) in [6, 6.07) is 8.24. The van der Waals surface area contributed by atoms with Gasteiger partial charge < -0.3 is 9.15 Å². The average Bonchev–Trinajstić information content (AvgIpc) is 2.75. The van der Waals surface area contributed by atoms with Crippen LogP contribution in [0.2, 0.25) is 0 Å². The summed E-state index contributed by atoms with van der Waals surface area (Å²) < 4.78 is 45.0. The van der Waals surface area contributed by atoms with Crippen molar-refractivity contribution in [2.24, 2.45) is 0 Å². The van der Waals surface area contributed by atoms with Crippen molar-refractivity contribution >= 4 is 6.29 Å².